The summed E-state index contributed by atoms with van der Waals surface area (Å²) in [6, 6.07) is 5.50. The Morgan fingerprint density at radius 3 is 2.48 bits per heavy atom. The second kappa shape index (κ2) is 5.39. The third kappa shape index (κ3) is 2.63. The number of nitrogens with zero attached hydrogens (tertiary/aromatic N) is 1. The minimum absolute atomic E-state index is 0.0338. The van der Waals surface area contributed by atoms with Crippen molar-refractivity contribution in [3.63, 3.8) is 0 Å². The molecule has 0 saturated carbocycles. The predicted molar refractivity (Wildman–Crippen MR) is 89.7 cm³/mol. The van der Waals surface area contributed by atoms with Crippen molar-refractivity contribution in [3.8, 4) is 11.5 Å². The lowest BCUT2D eigenvalue weighted by molar-refractivity contribution is -0.114. The molecule has 0 aliphatic rings. The lowest BCUT2D eigenvalue weighted by atomic mass is 10.1. The molecule has 0 aliphatic carbocycles. The fourth-order valence-corrected chi connectivity index (χ4v) is 2.92. The van der Waals surface area contributed by atoms with Crippen LogP contribution in [-0.4, -0.2) is 26.6 Å². The molecule has 2 heterocycles. The van der Waals surface area contributed by atoms with Crippen LogP contribution < -0.4 is 5.32 Å². The molecule has 1 amide bonds. The van der Waals surface area contributed by atoms with Gasteiger partial charge in [0.1, 0.15) is 0 Å². The number of amides is 1. The maximum Gasteiger partial charge on any atom is 0.221 e. The number of nitrogens with one attached hydrogen (secondary N) is 3. The number of hydrogen-bond acceptors (Lipinski definition) is 3. The third-order valence-electron chi connectivity index (χ3n) is 3.83. The number of H-pyrrole nitrogens is 2. The Bertz CT molecular complexity index is 934. The summed E-state index contributed by atoms with van der Waals surface area (Å²) in [6.07, 6.45) is 0. The summed E-state index contributed by atoms with van der Waals surface area (Å²) in [7, 11) is 0. The topological polar surface area (TPSA) is 90.6 Å². The Morgan fingerprint density at radius 2 is 1.87 bits per heavy atom. The lowest BCUT2D eigenvalue weighted by Crippen LogP contribution is -2.05. The highest BCUT2D eigenvalue weighted by atomic mass is 16.1. The predicted octanol–water partition coefficient (Wildman–Crippen LogP) is 3.34. The van der Waals surface area contributed by atoms with Gasteiger partial charge in [-0.3, -0.25) is 9.59 Å². The van der Waals surface area contributed by atoms with Gasteiger partial charge in [-0.05, 0) is 44.5 Å². The number of imidazole rings is 1. The van der Waals surface area contributed by atoms with E-state index < -0.39 is 0 Å². The molecule has 0 bridgehead atoms. The number of benzene rings is 1. The van der Waals surface area contributed by atoms with Gasteiger partial charge in [-0.25, -0.2) is 4.98 Å². The normalized spacial score (nSPS) is 11.0. The van der Waals surface area contributed by atoms with Crippen LogP contribution in [0.15, 0.2) is 18.2 Å². The van der Waals surface area contributed by atoms with Gasteiger partial charge >= 0.3 is 0 Å². The summed E-state index contributed by atoms with van der Waals surface area (Å²) >= 11 is 0. The number of anilines is 1. The molecule has 0 radical (unpaired) electrons. The van der Waals surface area contributed by atoms with E-state index in [0.717, 1.165) is 28.0 Å². The smallest absolute Gasteiger partial charge is 0.221 e. The van der Waals surface area contributed by atoms with E-state index in [9.17, 15) is 9.59 Å². The van der Waals surface area contributed by atoms with Crippen LogP contribution in [0.5, 0.6) is 0 Å². The molecular weight excluding hydrogens is 292 g/mol. The van der Waals surface area contributed by atoms with E-state index in [1.54, 1.807) is 6.92 Å². The molecule has 3 aromatic rings. The lowest BCUT2D eigenvalue weighted by Gasteiger charge is -2.00. The van der Waals surface area contributed by atoms with Crippen LogP contribution in [0.25, 0.3) is 22.6 Å². The molecule has 6 heteroatoms. The Morgan fingerprint density at radius 1 is 1.13 bits per heavy atom. The maximum absolute atomic E-state index is 11.8. The van der Waals surface area contributed by atoms with Crippen molar-refractivity contribution in [2.24, 2.45) is 0 Å². The summed E-state index contributed by atoms with van der Waals surface area (Å²) in [6.45, 7) is 6.82. The van der Waals surface area contributed by atoms with Gasteiger partial charge in [-0.2, -0.15) is 0 Å². The number of hydrogen-bond donors (Lipinski definition) is 3. The monoisotopic (exact) mass is 310 g/mol. The Kier molecular flexibility index (Phi) is 3.52. The third-order valence-corrected chi connectivity index (χ3v) is 3.83. The molecule has 3 N–H and O–H groups in total. The zero-order valence-corrected chi connectivity index (χ0v) is 13.5. The molecule has 3 rings (SSSR count). The van der Waals surface area contributed by atoms with Gasteiger partial charge in [0.2, 0.25) is 5.91 Å². The number of aryl methyl sites for hydroxylation is 1. The average Bonchev–Trinajstić information content (AvgIpc) is 2.98. The Balaban J connectivity index is 2.09. The number of carbonyl (C=O) groups excluding carboxylic acids is 2. The molecule has 6 nitrogen and oxygen atoms in total. The highest BCUT2D eigenvalue weighted by molar-refractivity contribution is 5.99. The first-order chi connectivity index (χ1) is 10.9. The quantitative estimate of drug-likeness (QED) is 0.648. The van der Waals surface area contributed by atoms with Crippen LogP contribution in [-0.2, 0) is 4.79 Å². The first kappa shape index (κ1) is 15.0. The maximum atomic E-state index is 11.8. The molecule has 23 heavy (non-hydrogen) atoms. The van der Waals surface area contributed by atoms with E-state index in [4.69, 9.17) is 0 Å². The van der Waals surface area contributed by atoms with Crippen LogP contribution in [0.3, 0.4) is 0 Å². The van der Waals surface area contributed by atoms with Gasteiger partial charge in [-0.1, -0.05) is 0 Å². The first-order valence-corrected chi connectivity index (χ1v) is 7.34. The van der Waals surface area contributed by atoms with Crippen LogP contribution in [0.1, 0.15) is 35.5 Å². The summed E-state index contributed by atoms with van der Waals surface area (Å²) in [5.74, 6) is 0.585. The molecule has 0 aliphatic heterocycles. The molecule has 0 atom stereocenters. The number of carbonyl (C=O) groups is 2. The van der Waals surface area contributed by atoms with E-state index in [1.807, 2.05) is 32.0 Å². The summed E-state index contributed by atoms with van der Waals surface area (Å²) < 4.78 is 0. The van der Waals surface area contributed by atoms with Crippen molar-refractivity contribution in [2.45, 2.75) is 27.7 Å². The second-order valence-corrected chi connectivity index (χ2v) is 5.68. The largest absolute Gasteiger partial charge is 0.355 e. The number of rotatable bonds is 3. The molecule has 2 aromatic heterocycles. The van der Waals surface area contributed by atoms with E-state index in [0.29, 0.717) is 17.1 Å². The minimum atomic E-state index is -0.123. The first-order valence-electron chi connectivity index (χ1n) is 7.34. The summed E-state index contributed by atoms with van der Waals surface area (Å²) in [4.78, 5) is 34.0. The number of fused-ring (bicyclic) bond motifs is 1. The van der Waals surface area contributed by atoms with Gasteiger partial charge in [0.05, 0.1) is 16.7 Å². The molecular formula is C17H18N4O2. The van der Waals surface area contributed by atoms with Gasteiger partial charge < -0.3 is 15.3 Å². The van der Waals surface area contributed by atoms with Crippen molar-refractivity contribution >= 4 is 28.4 Å². The van der Waals surface area contributed by atoms with E-state index in [1.165, 1.54) is 6.92 Å². The van der Waals surface area contributed by atoms with Crippen LogP contribution in [0.2, 0.25) is 0 Å². The molecule has 1 aromatic carbocycles. The molecule has 0 unspecified atom stereocenters. The van der Waals surface area contributed by atoms with Crippen LogP contribution >= 0.6 is 0 Å². The fraction of sp³-hybridized carbons (Fsp3) is 0.235. The fourth-order valence-electron chi connectivity index (χ4n) is 2.92. The van der Waals surface area contributed by atoms with Crippen LogP contribution in [0, 0.1) is 13.8 Å². The molecule has 118 valence electrons. The second-order valence-electron chi connectivity index (χ2n) is 5.68. The number of aromatic amines is 2. The van der Waals surface area contributed by atoms with Gasteiger partial charge in [0, 0.05) is 23.9 Å². The van der Waals surface area contributed by atoms with Crippen LogP contribution in [0.4, 0.5) is 5.69 Å². The van der Waals surface area contributed by atoms with Gasteiger partial charge in [0.15, 0.2) is 11.6 Å². The Labute approximate surface area is 133 Å². The number of Topliss-reactive ketones (excluding diaryl/α,β-unsaturated/α-hetero) is 1. The summed E-state index contributed by atoms with van der Waals surface area (Å²) in [5.41, 5.74) is 5.56. The SMILES string of the molecule is CC(=O)Nc1ccc2[nH]c(-c3[nH]c(C)c(C(C)=O)c3C)nc2c1. The highest BCUT2D eigenvalue weighted by Gasteiger charge is 2.18. The summed E-state index contributed by atoms with van der Waals surface area (Å²) in [5, 5.41) is 2.74. The standard InChI is InChI=1S/C17H18N4O2/c1-8-15(10(3)22)9(2)18-16(8)17-20-13-6-5-12(19-11(4)23)7-14(13)21-17/h5-7,18H,1-4H3,(H,19,23)(H,20,21). The van der Waals surface area contributed by atoms with Crippen molar-refractivity contribution in [3.05, 3.63) is 35.0 Å². The zero-order chi connectivity index (χ0) is 16.7. The molecule has 0 fully saturated rings. The average molecular weight is 310 g/mol. The Hall–Kier alpha value is -2.89. The van der Waals surface area contributed by atoms with Crippen molar-refractivity contribution in [1.29, 1.82) is 0 Å². The van der Waals surface area contributed by atoms with Crippen molar-refractivity contribution < 1.29 is 9.59 Å². The molecule has 0 spiro atoms. The van der Waals surface area contributed by atoms with E-state index in [-0.39, 0.29) is 11.7 Å². The molecule has 0 saturated heterocycles. The van der Waals surface area contributed by atoms with E-state index >= 15 is 0 Å². The minimum Gasteiger partial charge on any atom is -0.355 e. The number of ketones is 1. The van der Waals surface area contributed by atoms with Gasteiger partial charge in [0.25, 0.3) is 0 Å². The van der Waals surface area contributed by atoms with Crippen molar-refractivity contribution in [2.75, 3.05) is 5.32 Å². The van der Waals surface area contributed by atoms with E-state index in [2.05, 4.69) is 20.3 Å². The number of aromatic nitrogens is 3. The highest BCUT2D eigenvalue weighted by Crippen LogP contribution is 2.28. The zero-order valence-electron chi connectivity index (χ0n) is 13.5. The van der Waals surface area contributed by atoms with Gasteiger partial charge in [-0.15, -0.1) is 0 Å². The van der Waals surface area contributed by atoms with Crippen molar-refractivity contribution in [1.82, 2.24) is 15.0 Å².